The normalized spacial score (nSPS) is 10.3. The van der Waals surface area contributed by atoms with Crippen LogP contribution < -0.4 is 11.1 Å². The van der Waals surface area contributed by atoms with Gasteiger partial charge in [-0.05, 0) is 23.1 Å². The van der Waals surface area contributed by atoms with Gasteiger partial charge >= 0.3 is 0 Å². The van der Waals surface area contributed by atoms with Gasteiger partial charge < -0.3 is 11.1 Å². The number of aromatic nitrogens is 2. The number of carbonyl (C=O) groups is 1. The predicted molar refractivity (Wildman–Crippen MR) is 110 cm³/mol. The molecule has 1 heterocycles. The number of amidine groups is 1. The van der Waals surface area contributed by atoms with E-state index in [9.17, 15) is 4.79 Å². The fourth-order valence-corrected chi connectivity index (χ4v) is 2.85. The second-order valence-corrected chi connectivity index (χ2v) is 6.69. The van der Waals surface area contributed by atoms with Crippen molar-refractivity contribution < 1.29 is 4.79 Å². The van der Waals surface area contributed by atoms with Crippen LogP contribution in [0.3, 0.4) is 0 Å². The number of carbonyl (C=O) groups excluding carboxylic acids is 1. The van der Waals surface area contributed by atoms with Crippen molar-refractivity contribution in [1.29, 1.82) is 10.7 Å². The third-order valence-corrected chi connectivity index (χ3v) is 4.51. The molecule has 7 nitrogen and oxygen atoms in total. The number of hydrogen-bond acceptors (Lipinski definition) is 4. The van der Waals surface area contributed by atoms with Crippen molar-refractivity contribution in [1.82, 2.24) is 15.1 Å². The first-order valence-corrected chi connectivity index (χ1v) is 9.24. The maximum absolute atomic E-state index is 12.4. The highest BCUT2D eigenvalue weighted by Gasteiger charge is 2.09. The third-order valence-electron chi connectivity index (χ3n) is 4.51. The van der Waals surface area contributed by atoms with E-state index >= 15 is 0 Å². The molecule has 0 bridgehead atoms. The number of amides is 1. The van der Waals surface area contributed by atoms with Crippen molar-refractivity contribution in [2.24, 2.45) is 5.73 Å². The van der Waals surface area contributed by atoms with Crippen LogP contribution in [0.1, 0.15) is 39.0 Å². The lowest BCUT2D eigenvalue weighted by Crippen LogP contribution is -2.22. The Morgan fingerprint density at radius 2 is 1.72 bits per heavy atom. The summed E-state index contributed by atoms with van der Waals surface area (Å²) in [7, 11) is 0. The van der Waals surface area contributed by atoms with Gasteiger partial charge in [-0.25, -0.2) is 0 Å². The third kappa shape index (κ3) is 5.53. The predicted octanol–water partition coefficient (Wildman–Crippen LogP) is 2.60. The van der Waals surface area contributed by atoms with Crippen LogP contribution in [0.25, 0.3) is 0 Å². The molecule has 0 aliphatic rings. The molecule has 0 spiro atoms. The smallest absolute Gasteiger partial charge is 0.254 e. The number of aryl methyl sites for hydroxylation is 1. The van der Waals surface area contributed by atoms with Gasteiger partial charge in [0.2, 0.25) is 0 Å². The van der Waals surface area contributed by atoms with Gasteiger partial charge in [-0.3, -0.25) is 14.9 Å². The number of nitrogens with one attached hydrogen (secondary N) is 2. The minimum absolute atomic E-state index is 0.0183. The molecular formula is C22H22N6O. The van der Waals surface area contributed by atoms with Crippen LogP contribution in [0.2, 0.25) is 0 Å². The Hall–Kier alpha value is -3.92. The van der Waals surface area contributed by atoms with E-state index in [1.54, 1.807) is 29.2 Å². The molecule has 0 saturated heterocycles. The first-order valence-electron chi connectivity index (χ1n) is 9.24. The van der Waals surface area contributed by atoms with Crippen LogP contribution in [-0.4, -0.2) is 21.5 Å². The SMILES string of the molecule is N#CCCc1ccc(Cn2cc(C(=O)NCc3ccc(C(=N)N)cc3)cn2)cc1. The first kappa shape index (κ1) is 19.8. The molecule has 7 heteroatoms. The van der Waals surface area contributed by atoms with Crippen molar-refractivity contribution in [2.75, 3.05) is 0 Å². The van der Waals surface area contributed by atoms with Crippen molar-refractivity contribution in [3.63, 3.8) is 0 Å². The second-order valence-electron chi connectivity index (χ2n) is 6.69. The minimum Gasteiger partial charge on any atom is -0.384 e. The van der Waals surface area contributed by atoms with E-state index in [1.807, 2.05) is 36.4 Å². The molecule has 4 N–H and O–H groups in total. The molecule has 0 radical (unpaired) electrons. The van der Waals surface area contributed by atoms with Crippen molar-refractivity contribution in [2.45, 2.75) is 25.9 Å². The van der Waals surface area contributed by atoms with E-state index in [4.69, 9.17) is 16.4 Å². The number of nitriles is 1. The summed E-state index contributed by atoms with van der Waals surface area (Å²) in [5.74, 6) is -0.177. The number of rotatable bonds is 8. The molecule has 0 aliphatic heterocycles. The zero-order valence-electron chi connectivity index (χ0n) is 15.9. The molecule has 146 valence electrons. The maximum atomic E-state index is 12.4. The Bertz CT molecular complexity index is 1030. The fourth-order valence-electron chi connectivity index (χ4n) is 2.85. The van der Waals surface area contributed by atoms with Crippen LogP contribution in [0.4, 0.5) is 0 Å². The van der Waals surface area contributed by atoms with Crippen LogP contribution >= 0.6 is 0 Å². The largest absolute Gasteiger partial charge is 0.384 e. The zero-order valence-corrected chi connectivity index (χ0v) is 15.9. The van der Waals surface area contributed by atoms with Crippen LogP contribution in [0, 0.1) is 16.7 Å². The average molecular weight is 386 g/mol. The van der Waals surface area contributed by atoms with E-state index < -0.39 is 0 Å². The summed E-state index contributed by atoms with van der Waals surface area (Å²) in [5.41, 5.74) is 9.72. The lowest BCUT2D eigenvalue weighted by Gasteiger charge is -2.05. The first-order chi connectivity index (χ1) is 14.0. The highest BCUT2D eigenvalue weighted by molar-refractivity contribution is 5.95. The summed E-state index contributed by atoms with van der Waals surface area (Å²) in [6, 6.07) is 17.4. The number of hydrogen-bond donors (Lipinski definition) is 3. The molecular weight excluding hydrogens is 364 g/mol. The standard InChI is InChI=1S/C22H22N6O/c23-11-1-2-16-3-5-18(6-4-16)14-28-15-20(13-27-28)22(29)26-12-17-7-9-19(10-8-17)21(24)25/h3-10,13,15H,1-2,12,14H2,(H3,24,25)(H,26,29). The summed E-state index contributed by atoms with van der Waals surface area (Å²) in [4.78, 5) is 12.4. The quantitative estimate of drug-likeness (QED) is 0.407. The van der Waals surface area contributed by atoms with Gasteiger partial charge in [-0.1, -0.05) is 48.5 Å². The lowest BCUT2D eigenvalue weighted by molar-refractivity contribution is 0.0951. The monoisotopic (exact) mass is 386 g/mol. The van der Waals surface area contributed by atoms with Gasteiger partial charge in [-0.2, -0.15) is 10.4 Å². The molecule has 0 unspecified atom stereocenters. The molecule has 0 atom stereocenters. The summed E-state index contributed by atoms with van der Waals surface area (Å²) in [6.07, 6.45) is 4.53. The molecule has 29 heavy (non-hydrogen) atoms. The molecule has 0 saturated carbocycles. The molecule has 2 aromatic carbocycles. The zero-order chi connectivity index (χ0) is 20.6. The second kappa shape index (κ2) is 9.33. The summed E-state index contributed by atoms with van der Waals surface area (Å²) < 4.78 is 1.72. The molecule has 0 aliphatic carbocycles. The molecule has 1 amide bonds. The Kier molecular flexibility index (Phi) is 6.38. The minimum atomic E-state index is -0.196. The fraction of sp³-hybridized carbons (Fsp3) is 0.182. The van der Waals surface area contributed by atoms with Crippen LogP contribution in [-0.2, 0) is 19.5 Å². The van der Waals surface area contributed by atoms with Crippen LogP contribution in [0.15, 0.2) is 60.9 Å². The van der Waals surface area contributed by atoms with Gasteiger partial charge in [0, 0.05) is 24.7 Å². The van der Waals surface area contributed by atoms with E-state index in [0.29, 0.717) is 30.6 Å². The van der Waals surface area contributed by atoms with Gasteiger partial charge in [0.1, 0.15) is 5.84 Å². The number of nitrogen functional groups attached to an aromatic ring is 1. The van der Waals surface area contributed by atoms with Gasteiger partial charge in [0.05, 0.1) is 24.4 Å². The Balaban J connectivity index is 1.54. The van der Waals surface area contributed by atoms with Gasteiger partial charge in [0.15, 0.2) is 0 Å². The molecule has 3 rings (SSSR count). The Morgan fingerprint density at radius 3 is 2.38 bits per heavy atom. The van der Waals surface area contributed by atoms with Crippen molar-refractivity contribution >= 4 is 11.7 Å². The van der Waals surface area contributed by atoms with Gasteiger partial charge in [-0.15, -0.1) is 0 Å². The van der Waals surface area contributed by atoms with E-state index in [-0.39, 0.29) is 11.7 Å². The van der Waals surface area contributed by atoms with E-state index in [2.05, 4.69) is 16.5 Å². The highest BCUT2D eigenvalue weighted by Crippen LogP contribution is 2.09. The number of nitrogens with two attached hydrogens (primary N) is 1. The Labute approximate surface area is 169 Å². The summed E-state index contributed by atoms with van der Waals surface area (Å²) >= 11 is 0. The Morgan fingerprint density at radius 1 is 1.07 bits per heavy atom. The van der Waals surface area contributed by atoms with Crippen molar-refractivity contribution in [3.05, 3.63) is 88.7 Å². The maximum Gasteiger partial charge on any atom is 0.254 e. The molecule has 3 aromatic rings. The molecule has 1 aromatic heterocycles. The van der Waals surface area contributed by atoms with Gasteiger partial charge in [0.25, 0.3) is 5.91 Å². The van der Waals surface area contributed by atoms with Crippen molar-refractivity contribution in [3.8, 4) is 6.07 Å². The molecule has 0 fully saturated rings. The average Bonchev–Trinajstić information content (AvgIpc) is 3.20. The number of nitrogens with zero attached hydrogens (tertiary/aromatic N) is 3. The number of benzene rings is 2. The van der Waals surface area contributed by atoms with Crippen LogP contribution in [0.5, 0.6) is 0 Å². The van der Waals surface area contributed by atoms with E-state index in [0.717, 1.165) is 23.1 Å². The summed E-state index contributed by atoms with van der Waals surface area (Å²) in [5, 5.41) is 23.2. The summed E-state index contributed by atoms with van der Waals surface area (Å²) in [6.45, 7) is 0.949. The lowest BCUT2D eigenvalue weighted by atomic mass is 10.1. The topological polar surface area (TPSA) is 121 Å². The van der Waals surface area contributed by atoms with E-state index in [1.165, 1.54) is 0 Å². The highest BCUT2D eigenvalue weighted by atomic mass is 16.1.